The van der Waals surface area contributed by atoms with Crippen molar-refractivity contribution in [2.45, 2.75) is 37.9 Å². The summed E-state index contributed by atoms with van der Waals surface area (Å²) in [5, 5.41) is 3.18. The number of likely N-dealkylation sites (tertiary alicyclic amines) is 1. The Morgan fingerprint density at radius 2 is 1.61 bits per heavy atom. The molecule has 8 nitrogen and oxygen atoms in total. The molecule has 1 N–H and O–H groups in total. The van der Waals surface area contributed by atoms with Gasteiger partial charge in [0.1, 0.15) is 12.3 Å². The minimum atomic E-state index is -5.03. The Bertz CT molecular complexity index is 1130. The highest BCUT2D eigenvalue weighted by Gasteiger charge is 2.45. The second-order valence-electron chi connectivity index (χ2n) is 10.9. The van der Waals surface area contributed by atoms with Crippen molar-refractivity contribution in [1.82, 2.24) is 19.6 Å². The summed E-state index contributed by atoms with van der Waals surface area (Å²) < 4.78 is 45.7. The Morgan fingerprint density at radius 3 is 2.27 bits per heavy atom. The molecule has 1 aromatic carbocycles. The molecule has 0 saturated carbocycles. The van der Waals surface area contributed by atoms with Crippen LogP contribution in [-0.4, -0.2) is 117 Å². The summed E-state index contributed by atoms with van der Waals surface area (Å²) in [5.41, 5.74) is 0.943. The number of carbonyl (C=O) groups is 2. The number of unbranched alkanes of at least 4 members (excludes halogenated alkanes) is 1. The van der Waals surface area contributed by atoms with E-state index in [1.807, 2.05) is 42.3 Å². The van der Waals surface area contributed by atoms with E-state index in [-0.39, 0.29) is 0 Å². The highest BCUT2D eigenvalue weighted by atomic mass is 32.1. The summed E-state index contributed by atoms with van der Waals surface area (Å²) >= 11 is 1.32. The van der Waals surface area contributed by atoms with Gasteiger partial charge >= 0.3 is 12.1 Å². The average Bonchev–Trinajstić information content (AvgIpc) is 3.41. The fourth-order valence-electron chi connectivity index (χ4n) is 5.14. The highest BCUT2D eigenvalue weighted by molar-refractivity contribution is 7.19. The molecule has 0 aliphatic carbocycles. The van der Waals surface area contributed by atoms with Crippen molar-refractivity contribution in [2.24, 2.45) is 0 Å². The number of hydrogen-bond acceptors (Lipinski definition) is 7. The molecule has 2 saturated heterocycles. The number of halogens is 3. The highest BCUT2D eigenvalue weighted by Crippen LogP contribution is 2.32. The lowest BCUT2D eigenvalue weighted by Gasteiger charge is -2.37. The number of benzene rings is 1. The summed E-state index contributed by atoms with van der Waals surface area (Å²) in [7, 11) is 4.04. The van der Waals surface area contributed by atoms with Crippen LogP contribution in [-0.2, 0) is 9.59 Å². The summed E-state index contributed by atoms with van der Waals surface area (Å²) in [6.07, 6.45) is -2.15. The number of piperazine rings is 1. The van der Waals surface area contributed by atoms with E-state index < -0.39 is 30.6 Å². The number of carbonyl (C=O) groups excluding carboxylic acids is 2. The first-order chi connectivity index (χ1) is 19.6. The Labute approximate surface area is 244 Å². The van der Waals surface area contributed by atoms with E-state index in [9.17, 15) is 22.8 Å². The van der Waals surface area contributed by atoms with E-state index >= 15 is 0 Å². The van der Waals surface area contributed by atoms with Gasteiger partial charge in [0.2, 0.25) is 5.91 Å². The topological polar surface area (TPSA) is 68.4 Å². The van der Waals surface area contributed by atoms with E-state index in [1.165, 1.54) is 11.3 Å². The van der Waals surface area contributed by atoms with Crippen LogP contribution in [0.15, 0.2) is 36.4 Å². The largest absolute Gasteiger partial charge is 0.494 e. The number of thiophene rings is 1. The van der Waals surface area contributed by atoms with E-state index in [0.717, 1.165) is 61.8 Å². The number of nitrogens with zero attached hydrogens (tertiary/aromatic N) is 4. The number of rotatable bonds is 11. The maximum absolute atomic E-state index is 13.3. The third-order valence-electron chi connectivity index (χ3n) is 7.69. The Balaban J connectivity index is 1.24. The van der Waals surface area contributed by atoms with Crippen molar-refractivity contribution >= 4 is 28.2 Å². The number of ether oxygens (including phenoxy) is 1. The maximum atomic E-state index is 13.3. The predicted octanol–water partition coefficient (Wildman–Crippen LogP) is 4.25. The van der Waals surface area contributed by atoms with Crippen molar-refractivity contribution in [2.75, 3.05) is 78.4 Å². The van der Waals surface area contributed by atoms with Gasteiger partial charge in [-0.15, -0.1) is 11.3 Å². The fraction of sp³-hybridized carbons (Fsp3) is 0.586. The van der Waals surface area contributed by atoms with Crippen molar-refractivity contribution in [3.05, 3.63) is 36.4 Å². The van der Waals surface area contributed by atoms with Crippen LogP contribution in [0.1, 0.15) is 25.7 Å². The van der Waals surface area contributed by atoms with Crippen molar-refractivity contribution < 1.29 is 27.5 Å². The van der Waals surface area contributed by atoms with Gasteiger partial charge < -0.3 is 29.7 Å². The van der Waals surface area contributed by atoms with Crippen molar-refractivity contribution in [3.8, 4) is 16.2 Å². The number of likely N-dealkylation sites (N-methyl/N-ethyl adjacent to an activating group) is 1. The summed E-state index contributed by atoms with van der Waals surface area (Å²) in [6, 6.07) is 10.7. The predicted molar refractivity (Wildman–Crippen MR) is 155 cm³/mol. The summed E-state index contributed by atoms with van der Waals surface area (Å²) in [4.78, 5) is 33.3. The molecular weight excluding hydrogens is 555 g/mol. The minimum Gasteiger partial charge on any atom is -0.494 e. The molecule has 1 aromatic heterocycles. The molecule has 0 unspecified atom stereocenters. The van der Waals surface area contributed by atoms with Crippen LogP contribution in [0.3, 0.4) is 0 Å². The molecule has 2 fully saturated rings. The molecule has 0 atom stereocenters. The first-order valence-electron chi connectivity index (χ1n) is 14.2. The number of anilines is 1. The van der Waals surface area contributed by atoms with Crippen LogP contribution in [0.25, 0.3) is 10.4 Å². The molecule has 2 aliphatic rings. The maximum Gasteiger partial charge on any atom is 0.471 e. The molecule has 2 aromatic rings. The lowest BCUT2D eigenvalue weighted by Crippen LogP contribution is -2.53. The first kappa shape index (κ1) is 31.3. The molecule has 0 radical (unpaired) electrons. The third kappa shape index (κ3) is 9.42. The zero-order valence-electron chi connectivity index (χ0n) is 23.8. The SMILES string of the molecule is CN1CCC(N(CC(=O)Nc2ccc(-c3ccc(OCCCCN4CCN(C)CC4)cc3)s2)C(=O)C(F)(F)F)CC1. The van der Waals surface area contributed by atoms with Crippen LogP contribution in [0, 0.1) is 0 Å². The second kappa shape index (κ2) is 14.5. The molecule has 0 spiro atoms. The quantitative estimate of drug-likeness (QED) is 0.392. The first-order valence-corrected chi connectivity index (χ1v) is 15.0. The molecule has 41 heavy (non-hydrogen) atoms. The smallest absolute Gasteiger partial charge is 0.471 e. The molecular formula is C29H40F3N5O3S. The van der Waals surface area contributed by atoms with Gasteiger partial charge in [0.05, 0.1) is 11.6 Å². The molecule has 2 aliphatic heterocycles. The van der Waals surface area contributed by atoms with Gasteiger partial charge in [-0.25, -0.2) is 0 Å². The van der Waals surface area contributed by atoms with Crippen LogP contribution >= 0.6 is 11.3 Å². The summed E-state index contributed by atoms with van der Waals surface area (Å²) in [6.45, 7) is 6.77. The van der Waals surface area contributed by atoms with E-state index in [1.54, 1.807) is 6.07 Å². The van der Waals surface area contributed by atoms with Gasteiger partial charge in [0.25, 0.3) is 0 Å². The number of alkyl halides is 3. The number of hydrogen-bond donors (Lipinski definition) is 1. The van der Waals surface area contributed by atoms with Gasteiger partial charge in [-0.1, -0.05) is 0 Å². The van der Waals surface area contributed by atoms with Gasteiger partial charge in [0.15, 0.2) is 0 Å². The molecule has 4 rings (SSSR count). The van der Waals surface area contributed by atoms with Crippen molar-refractivity contribution in [3.63, 3.8) is 0 Å². The molecule has 12 heteroatoms. The number of nitrogens with one attached hydrogen (secondary N) is 1. The monoisotopic (exact) mass is 595 g/mol. The molecule has 226 valence electrons. The lowest BCUT2D eigenvalue weighted by molar-refractivity contribution is -0.188. The zero-order chi connectivity index (χ0) is 29.4. The average molecular weight is 596 g/mol. The Morgan fingerprint density at radius 1 is 0.951 bits per heavy atom. The lowest BCUT2D eigenvalue weighted by atomic mass is 10.0. The second-order valence-corrected chi connectivity index (χ2v) is 12.0. The van der Waals surface area contributed by atoms with Crippen LogP contribution < -0.4 is 10.1 Å². The molecule has 3 heterocycles. The van der Waals surface area contributed by atoms with Crippen LogP contribution in [0.4, 0.5) is 18.2 Å². The van der Waals surface area contributed by atoms with Crippen LogP contribution in [0.2, 0.25) is 0 Å². The van der Waals surface area contributed by atoms with Crippen molar-refractivity contribution in [1.29, 1.82) is 0 Å². The van der Waals surface area contributed by atoms with Crippen LogP contribution in [0.5, 0.6) is 5.75 Å². The van der Waals surface area contributed by atoms with Gasteiger partial charge in [-0.2, -0.15) is 13.2 Å². The standard InChI is InChI=1S/C29H40F3N5O3S/c1-34-14-11-23(12-15-34)37(28(39)29(30,31)32)21-26(38)33-27-10-9-25(41-27)22-5-7-24(8-6-22)40-20-4-3-13-36-18-16-35(2)17-19-36/h5-10,23H,3-4,11-21H2,1-2H3,(H,33,38). The van der Waals surface area contributed by atoms with Gasteiger partial charge in [-0.3, -0.25) is 9.59 Å². The fourth-order valence-corrected chi connectivity index (χ4v) is 6.07. The normalized spacial score (nSPS) is 17.9. The number of amides is 2. The van der Waals surface area contributed by atoms with E-state index in [4.69, 9.17) is 4.74 Å². The van der Waals surface area contributed by atoms with E-state index in [2.05, 4.69) is 22.2 Å². The van der Waals surface area contributed by atoms with Gasteiger partial charge in [0, 0.05) is 37.1 Å². The Hall–Kier alpha value is -2.67. The third-order valence-corrected chi connectivity index (χ3v) is 8.74. The molecule has 2 amide bonds. The Kier molecular flexibility index (Phi) is 11.0. The van der Waals surface area contributed by atoms with E-state index in [0.29, 0.717) is 42.4 Å². The zero-order valence-corrected chi connectivity index (χ0v) is 24.6. The summed E-state index contributed by atoms with van der Waals surface area (Å²) in [5.74, 6) is -1.82. The number of piperidine rings is 1. The minimum absolute atomic E-state index is 0.394. The molecule has 0 bridgehead atoms. The van der Waals surface area contributed by atoms with Gasteiger partial charge in [-0.05, 0) is 101 Å².